The highest BCUT2D eigenvalue weighted by atomic mass is 16.2. The third-order valence-electron chi connectivity index (χ3n) is 1.77. The minimum Gasteiger partial charge on any atom is -0.354 e. The summed E-state index contributed by atoms with van der Waals surface area (Å²) in [6, 6.07) is -0.221. The molecule has 0 spiro atoms. The minimum absolute atomic E-state index is 0.0257. The first-order valence-electron chi connectivity index (χ1n) is 4.89. The standard InChI is InChI=1S/C9H19N3O2/c1-3-8(13)11-5-7(10)6-12-9(14)4-2/h7H,3-6,10H2,1-2H3,(H,11,13)(H,12,14). The number of hydrogen-bond donors (Lipinski definition) is 3. The van der Waals surface area contributed by atoms with E-state index in [-0.39, 0.29) is 17.9 Å². The highest BCUT2D eigenvalue weighted by molar-refractivity contribution is 5.76. The Morgan fingerprint density at radius 3 is 1.71 bits per heavy atom. The van der Waals surface area contributed by atoms with E-state index in [1.54, 1.807) is 13.8 Å². The van der Waals surface area contributed by atoms with Gasteiger partial charge in [-0.15, -0.1) is 0 Å². The van der Waals surface area contributed by atoms with Crippen LogP contribution in [0.15, 0.2) is 0 Å². The van der Waals surface area contributed by atoms with Gasteiger partial charge in [0.05, 0.1) is 0 Å². The van der Waals surface area contributed by atoms with Gasteiger partial charge in [0.15, 0.2) is 0 Å². The number of rotatable bonds is 6. The van der Waals surface area contributed by atoms with Gasteiger partial charge in [-0.1, -0.05) is 13.8 Å². The van der Waals surface area contributed by atoms with Crippen molar-refractivity contribution in [1.82, 2.24) is 10.6 Å². The number of carbonyl (C=O) groups is 2. The maximum Gasteiger partial charge on any atom is 0.219 e. The van der Waals surface area contributed by atoms with Crippen LogP contribution in [-0.2, 0) is 9.59 Å². The van der Waals surface area contributed by atoms with Crippen LogP contribution in [0.4, 0.5) is 0 Å². The lowest BCUT2D eigenvalue weighted by Gasteiger charge is -2.12. The summed E-state index contributed by atoms with van der Waals surface area (Å²) in [6.07, 6.45) is 0.905. The molecule has 0 radical (unpaired) electrons. The zero-order chi connectivity index (χ0) is 11.0. The van der Waals surface area contributed by atoms with Gasteiger partial charge < -0.3 is 16.4 Å². The van der Waals surface area contributed by atoms with Crippen LogP contribution in [-0.4, -0.2) is 30.9 Å². The topological polar surface area (TPSA) is 84.2 Å². The van der Waals surface area contributed by atoms with E-state index in [2.05, 4.69) is 10.6 Å². The third-order valence-corrected chi connectivity index (χ3v) is 1.77. The van der Waals surface area contributed by atoms with E-state index in [0.29, 0.717) is 25.9 Å². The first-order chi connectivity index (χ1) is 6.60. The fourth-order valence-electron chi connectivity index (χ4n) is 0.812. The van der Waals surface area contributed by atoms with Gasteiger partial charge in [-0.25, -0.2) is 0 Å². The summed E-state index contributed by atoms with van der Waals surface area (Å²) in [4.78, 5) is 21.7. The molecule has 0 aromatic heterocycles. The molecule has 0 fully saturated rings. The monoisotopic (exact) mass is 201 g/mol. The zero-order valence-corrected chi connectivity index (χ0v) is 8.80. The molecule has 0 aromatic rings. The maximum absolute atomic E-state index is 10.9. The van der Waals surface area contributed by atoms with Gasteiger partial charge in [0.1, 0.15) is 0 Å². The molecule has 0 unspecified atom stereocenters. The SMILES string of the molecule is CCC(=O)NCC(N)CNC(=O)CC. The second-order valence-electron chi connectivity index (χ2n) is 3.08. The molecule has 0 atom stereocenters. The van der Waals surface area contributed by atoms with Crippen LogP contribution in [0.5, 0.6) is 0 Å². The van der Waals surface area contributed by atoms with Gasteiger partial charge in [-0.2, -0.15) is 0 Å². The Labute approximate surface area is 84.4 Å². The summed E-state index contributed by atoms with van der Waals surface area (Å²) in [5, 5.41) is 5.32. The molecule has 0 saturated heterocycles. The molecule has 4 N–H and O–H groups in total. The second kappa shape index (κ2) is 7.32. The molecule has 14 heavy (non-hydrogen) atoms. The van der Waals surface area contributed by atoms with Gasteiger partial charge in [-0.05, 0) is 0 Å². The Bertz CT molecular complexity index is 174. The molecule has 0 aliphatic carbocycles. The fraction of sp³-hybridized carbons (Fsp3) is 0.778. The first-order valence-corrected chi connectivity index (χ1v) is 4.89. The van der Waals surface area contributed by atoms with Crippen molar-refractivity contribution < 1.29 is 9.59 Å². The molecule has 0 aromatic carbocycles. The molecule has 0 bridgehead atoms. The molecule has 5 nitrogen and oxygen atoms in total. The minimum atomic E-state index is -0.221. The van der Waals surface area contributed by atoms with Crippen molar-refractivity contribution in [2.75, 3.05) is 13.1 Å². The second-order valence-corrected chi connectivity index (χ2v) is 3.08. The van der Waals surface area contributed by atoms with Crippen LogP contribution in [0.3, 0.4) is 0 Å². The number of amides is 2. The molecule has 0 heterocycles. The molecule has 5 heteroatoms. The quantitative estimate of drug-likeness (QED) is 0.535. The van der Waals surface area contributed by atoms with E-state index < -0.39 is 0 Å². The molecule has 0 rings (SSSR count). The van der Waals surface area contributed by atoms with Crippen LogP contribution in [0.2, 0.25) is 0 Å². The van der Waals surface area contributed by atoms with Gasteiger partial charge in [0.25, 0.3) is 0 Å². The van der Waals surface area contributed by atoms with Crippen molar-refractivity contribution in [3.63, 3.8) is 0 Å². The Kier molecular flexibility index (Phi) is 6.74. The maximum atomic E-state index is 10.9. The van der Waals surface area contributed by atoms with E-state index in [4.69, 9.17) is 5.73 Å². The van der Waals surface area contributed by atoms with E-state index in [1.807, 2.05) is 0 Å². The normalized spacial score (nSPS) is 10.0. The van der Waals surface area contributed by atoms with E-state index in [0.717, 1.165) is 0 Å². The predicted molar refractivity (Wildman–Crippen MR) is 54.6 cm³/mol. The van der Waals surface area contributed by atoms with Crippen LogP contribution in [0.1, 0.15) is 26.7 Å². The first kappa shape index (κ1) is 12.9. The molecular weight excluding hydrogens is 182 g/mol. The van der Waals surface area contributed by atoms with E-state index in [9.17, 15) is 9.59 Å². The van der Waals surface area contributed by atoms with Crippen LogP contribution in [0.25, 0.3) is 0 Å². The fourth-order valence-corrected chi connectivity index (χ4v) is 0.812. The lowest BCUT2D eigenvalue weighted by atomic mass is 10.3. The summed E-state index contributed by atoms with van der Waals surface area (Å²) >= 11 is 0. The molecule has 0 aliphatic rings. The van der Waals surface area contributed by atoms with Crippen molar-refractivity contribution in [1.29, 1.82) is 0 Å². The Balaban J connectivity index is 3.50. The Morgan fingerprint density at radius 1 is 1.07 bits per heavy atom. The van der Waals surface area contributed by atoms with Crippen molar-refractivity contribution in [2.45, 2.75) is 32.7 Å². The van der Waals surface area contributed by atoms with Gasteiger partial charge >= 0.3 is 0 Å². The van der Waals surface area contributed by atoms with Crippen molar-refractivity contribution in [3.8, 4) is 0 Å². The van der Waals surface area contributed by atoms with E-state index in [1.165, 1.54) is 0 Å². The number of hydrogen-bond acceptors (Lipinski definition) is 3. The highest BCUT2D eigenvalue weighted by Crippen LogP contribution is 1.80. The zero-order valence-electron chi connectivity index (χ0n) is 8.80. The molecule has 0 saturated carbocycles. The summed E-state index contributed by atoms with van der Waals surface area (Å²) in [5.41, 5.74) is 5.65. The number of carbonyl (C=O) groups excluding carboxylic acids is 2. The highest BCUT2D eigenvalue weighted by Gasteiger charge is 2.05. The number of nitrogens with one attached hydrogen (secondary N) is 2. The summed E-state index contributed by atoms with van der Waals surface area (Å²) in [6.45, 7) is 4.35. The van der Waals surface area contributed by atoms with Gasteiger partial charge in [-0.3, -0.25) is 9.59 Å². The van der Waals surface area contributed by atoms with Crippen molar-refractivity contribution in [3.05, 3.63) is 0 Å². The smallest absolute Gasteiger partial charge is 0.219 e. The van der Waals surface area contributed by atoms with Crippen LogP contribution in [0, 0.1) is 0 Å². The van der Waals surface area contributed by atoms with Crippen molar-refractivity contribution >= 4 is 11.8 Å². The molecule has 2 amide bonds. The summed E-state index contributed by atoms with van der Waals surface area (Å²) in [7, 11) is 0. The Morgan fingerprint density at radius 2 is 1.43 bits per heavy atom. The Hall–Kier alpha value is -1.10. The average Bonchev–Trinajstić information content (AvgIpc) is 2.22. The third kappa shape index (κ3) is 6.42. The van der Waals surface area contributed by atoms with Crippen molar-refractivity contribution in [2.24, 2.45) is 5.73 Å². The molecule has 0 aliphatic heterocycles. The lowest BCUT2D eigenvalue weighted by molar-refractivity contribution is -0.121. The predicted octanol–water partition coefficient (Wildman–Crippen LogP) is -0.634. The summed E-state index contributed by atoms with van der Waals surface area (Å²) in [5.74, 6) is -0.0514. The van der Waals surface area contributed by atoms with Gasteiger partial charge in [0.2, 0.25) is 11.8 Å². The largest absolute Gasteiger partial charge is 0.354 e. The molecule has 82 valence electrons. The summed E-state index contributed by atoms with van der Waals surface area (Å²) < 4.78 is 0. The van der Waals surface area contributed by atoms with Crippen LogP contribution < -0.4 is 16.4 Å². The van der Waals surface area contributed by atoms with E-state index >= 15 is 0 Å². The average molecular weight is 201 g/mol. The molecular formula is C9H19N3O2. The number of nitrogens with two attached hydrogens (primary N) is 1. The van der Waals surface area contributed by atoms with Gasteiger partial charge in [0, 0.05) is 32.0 Å². The lowest BCUT2D eigenvalue weighted by Crippen LogP contribution is -2.44. The van der Waals surface area contributed by atoms with Crippen LogP contribution >= 0.6 is 0 Å².